The highest BCUT2D eigenvalue weighted by Gasteiger charge is 2.14. The summed E-state index contributed by atoms with van der Waals surface area (Å²) in [4.78, 5) is 0. The normalized spacial score (nSPS) is 11.6. The third-order valence-electron chi connectivity index (χ3n) is 5.21. The summed E-state index contributed by atoms with van der Waals surface area (Å²) in [6, 6.07) is 21.1. The Bertz CT molecular complexity index is 1100. The van der Waals surface area contributed by atoms with Gasteiger partial charge in [0.05, 0.1) is 12.5 Å². The lowest BCUT2D eigenvalue weighted by Gasteiger charge is -2.07. The van der Waals surface area contributed by atoms with Gasteiger partial charge in [0.1, 0.15) is 11.5 Å². The van der Waals surface area contributed by atoms with Gasteiger partial charge in [-0.25, -0.2) is 0 Å². The standard InChI is InChI=1S/C24H21NO2/c1-2-3-12-25-21-10-8-17(23-6-4-13-26-23)15-19(21)20-16-18(9-11-22(20)25)24-7-5-14-27-24/h4-11,13-16H,2-3,12H2,1H3. The predicted octanol–water partition coefficient (Wildman–Crippen LogP) is 7.11. The second kappa shape index (κ2) is 6.51. The summed E-state index contributed by atoms with van der Waals surface area (Å²) in [7, 11) is 0. The molecule has 0 amide bonds. The maximum atomic E-state index is 5.61. The van der Waals surface area contributed by atoms with Gasteiger partial charge in [0, 0.05) is 39.5 Å². The number of furan rings is 2. The van der Waals surface area contributed by atoms with Crippen LogP contribution in [-0.4, -0.2) is 4.57 Å². The van der Waals surface area contributed by atoms with Crippen molar-refractivity contribution in [3.05, 3.63) is 73.2 Å². The Morgan fingerprint density at radius 1 is 0.741 bits per heavy atom. The van der Waals surface area contributed by atoms with Crippen LogP contribution in [0.25, 0.3) is 44.5 Å². The number of hydrogen-bond acceptors (Lipinski definition) is 2. The molecule has 3 heteroatoms. The molecule has 0 aliphatic carbocycles. The van der Waals surface area contributed by atoms with Crippen LogP contribution in [-0.2, 0) is 6.54 Å². The van der Waals surface area contributed by atoms with Gasteiger partial charge in [-0.1, -0.05) is 13.3 Å². The number of unbranched alkanes of at least 4 members (excludes halogenated alkanes) is 1. The Hall–Kier alpha value is -3.20. The Morgan fingerprint density at radius 3 is 1.74 bits per heavy atom. The van der Waals surface area contributed by atoms with Crippen molar-refractivity contribution in [1.82, 2.24) is 4.57 Å². The predicted molar refractivity (Wildman–Crippen MR) is 110 cm³/mol. The molecule has 0 atom stereocenters. The summed E-state index contributed by atoms with van der Waals surface area (Å²) in [6.07, 6.45) is 5.78. The molecular formula is C24H21NO2. The maximum Gasteiger partial charge on any atom is 0.133 e. The number of fused-ring (bicyclic) bond motifs is 3. The van der Waals surface area contributed by atoms with Crippen molar-refractivity contribution >= 4 is 21.8 Å². The minimum Gasteiger partial charge on any atom is -0.464 e. The molecule has 0 unspecified atom stereocenters. The van der Waals surface area contributed by atoms with Crippen molar-refractivity contribution in [2.24, 2.45) is 0 Å². The number of aromatic nitrogens is 1. The number of hydrogen-bond donors (Lipinski definition) is 0. The van der Waals surface area contributed by atoms with E-state index in [1.807, 2.05) is 24.3 Å². The first-order chi connectivity index (χ1) is 13.3. The molecule has 0 aliphatic heterocycles. The van der Waals surface area contributed by atoms with Crippen LogP contribution >= 0.6 is 0 Å². The van der Waals surface area contributed by atoms with E-state index in [1.54, 1.807) is 12.5 Å². The van der Waals surface area contributed by atoms with Gasteiger partial charge in [0.25, 0.3) is 0 Å². The van der Waals surface area contributed by atoms with Crippen LogP contribution in [0.1, 0.15) is 19.8 Å². The summed E-state index contributed by atoms with van der Waals surface area (Å²) in [5.74, 6) is 1.79. The smallest absolute Gasteiger partial charge is 0.133 e. The van der Waals surface area contributed by atoms with Crippen molar-refractivity contribution in [3.8, 4) is 22.6 Å². The van der Waals surface area contributed by atoms with E-state index in [0.29, 0.717) is 0 Å². The zero-order valence-corrected chi connectivity index (χ0v) is 15.3. The van der Waals surface area contributed by atoms with E-state index in [-0.39, 0.29) is 0 Å². The average molecular weight is 355 g/mol. The SMILES string of the molecule is CCCCn1c2ccc(-c3ccco3)cc2c2cc(-c3ccco3)ccc21. The molecule has 2 aromatic carbocycles. The average Bonchev–Trinajstić information content (AvgIpc) is 3.46. The molecular weight excluding hydrogens is 334 g/mol. The number of aryl methyl sites for hydroxylation is 1. The zero-order valence-electron chi connectivity index (χ0n) is 15.3. The highest BCUT2D eigenvalue weighted by atomic mass is 16.3. The second-order valence-corrected chi connectivity index (χ2v) is 6.92. The minimum absolute atomic E-state index is 0.897. The molecule has 0 aliphatic rings. The molecule has 0 spiro atoms. The van der Waals surface area contributed by atoms with Crippen LogP contribution in [0.15, 0.2) is 82.0 Å². The van der Waals surface area contributed by atoms with Gasteiger partial charge in [0.2, 0.25) is 0 Å². The molecule has 0 saturated heterocycles. The highest BCUT2D eigenvalue weighted by molar-refractivity contribution is 6.10. The van der Waals surface area contributed by atoms with Gasteiger partial charge in [-0.05, 0) is 67.1 Å². The fourth-order valence-electron chi connectivity index (χ4n) is 3.85. The second-order valence-electron chi connectivity index (χ2n) is 6.92. The Balaban J connectivity index is 1.77. The van der Waals surface area contributed by atoms with Crippen LogP contribution in [0.3, 0.4) is 0 Å². The van der Waals surface area contributed by atoms with E-state index in [0.717, 1.165) is 29.2 Å². The molecule has 3 aromatic heterocycles. The van der Waals surface area contributed by atoms with E-state index in [4.69, 9.17) is 8.83 Å². The van der Waals surface area contributed by atoms with E-state index in [1.165, 1.54) is 34.6 Å². The number of benzene rings is 2. The topological polar surface area (TPSA) is 31.2 Å². The third-order valence-corrected chi connectivity index (χ3v) is 5.21. The van der Waals surface area contributed by atoms with Gasteiger partial charge in [0.15, 0.2) is 0 Å². The van der Waals surface area contributed by atoms with Crippen LogP contribution in [0, 0.1) is 0 Å². The molecule has 0 N–H and O–H groups in total. The lowest BCUT2D eigenvalue weighted by atomic mass is 10.1. The molecule has 3 nitrogen and oxygen atoms in total. The molecule has 5 aromatic rings. The Labute approximate surface area is 157 Å². The number of rotatable bonds is 5. The van der Waals surface area contributed by atoms with E-state index < -0.39 is 0 Å². The summed E-state index contributed by atoms with van der Waals surface area (Å²) in [6.45, 7) is 3.26. The fourth-order valence-corrected chi connectivity index (χ4v) is 3.85. The first kappa shape index (κ1) is 16.0. The first-order valence-corrected chi connectivity index (χ1v) is 9.49. The van der Waals surface area contributed by atoms with Gasteiger partial charge in [-0.3, -0.25) is 0 Å². The fraction of sp³-hybridized carbons (Fsp3) is 0.167. The van der Waals surface area contributed by atoms with Crippen molar-refractivity contribution < 1.29 is 8.83 Å². The van der Waals surface area contributed by atoms with Crippen molar-refractivity contribution in [2.45, 2.75) is 26.3 Å². The first-order valence-electron chi connectivity index (χ1n) is 9.49. The van der Waals surface area contributed by atoms with Crippen LogP contribution in [0.4, 0.5) is 0 Å². The van der Waals surface area contributed by atoms with Crippen molar-refractivity contribution in [1.29, 1.82) is 0 Å². The van der Waals surface area contributed by atoms with E-state index >= 15 is 0 Å². The molecule has 0 saturated carbocycles. The lowest BCUT2D eigenvalue weighted by Crippen LogP contribution is -1.96. The van der Waals surface area contributed by atoms with Crippen LogP contribution < -0.4 is 0 Å². The highest BCUT2D eigenvalue weighted by Crippen LogP contribution is 2.35. The largest absolute Gasteiger partial charge is 0.464 e. The summed E-state index contributed by atoms with van der Waals surface area (Å²) < 4.78 is 13.7. The molecule has 0 fully saturated rings. The van der Waals surface area contributed by atoms with Crippen LogP contribution in [0.2, 0.25) is 0 Å². The Morgan fingerprint density at radius 2 is 1.30 bits per heavy atom. The van der Waals surface area contributed by atoms with Gasteiger partial charge in [-0.15, -0.1) is 0 Å². The quantitative estimate of drug-likeness (QED) is 0.336. The van der Waals surface area contributed by atoms with Crippen LogP contribution in [0.5, 0.6) is 0 Å². The minimum atomic E-state index is 0.897. The number of nitrogens with zero attached hydrogens (tertiary/aromatic N) is 1. The summed E-state index contributed by atoms with van der Waals surface area (Å²) >= 11 is 0. The third kappa shape index (κ3) is 2.67. The molecule has 134 valence electrons. The molecule has 0 radical (unpaired) electrons. The molecule has 0 bridgehead atoms. The van der Waals surface area contributed by atoms with E-state index in [2.05, 4.69) is 47.9 Å². The van der Waals surface area contributed by atoms with Gasteiger partial charge in [-0.2, -0.15) is 0 Å². The zero-order chi connectivity index (χ0) is 18.2. The maximum absolute atomic E-state index is 5.61. The van der Waals surface area contributed by atoms with Gasteiger partial charge < -0.3 is 13.4 Å². The van der Waals surface area contributed by atoms with Crippen molar-refractivity contribution in [3.63, 3.8) is 0 Å². The van der Waals surface area contributed by atoms with Crippen molar-refractivity contribution in [2.75, 3.05) is 0 Å². The monoisotopic (exact) mass is 355 g/mol. The molecule has 3 heterocycles. The summed E-state index contributed by atoms with van der Waals surface area (Å²) in [5, 5.41) is 2.51. The summed E-state index contributed by atoms with van der Waals surface area (Å²) in [5.41, 5.74) is 4.74. The van der Waals surface area contributed by atoms with Gasteiger partial charge >= 0.3 is 0 Å². The molecule has 27 heavy (non-hydrogen) atoms. The lowest BCUT2D eigenvalue weighted by molar-refractivity contribution is 0.582. The Kier molecular flexibility index (Phi) is 3.86. The van der Waals surface area contributed by atoms with E-state index in [9.17, 15) is 0 Å². The molecule has 5 rings (SSSR count).